The number of alkyl halides is 2. The highest BCUT2D eigenvalue weighted by Gasteiger charge is 2.15. The van der Waals surface area contributed by atoms with Gasteiger partial charge in [-0.3, -0.25) is 4.79 Å². The average molecular weight is 345 g/mol. The van der Waals surface area contributed by atoms with E-state index in [-0.39, 0.29) is 18.6 Å². The Morgan fingerprint density at radius 2 is 1.67 bits per heavy atom. The number of ether oxygens (including phenoxy) is 1. The summed E-state index contributed by atoms with van der Waals surface area (Å²) in [6.45, 7) is -2.92. The number of anilines is 1. The van der Waals surface area contributed by atoms with Gasteiger partial charge in [-0.1, -0.05) is 12.1 Å². The number of aryl methyl sites for hydroxylation is 1. The van der Waals surface area contributed by atoms with Crippen molar-refractivity contribution in [3.05, 3.63) is 59.4 Å². The minimum Gasteiger partial charge on any atom is -0.435 e. The Morgan fingerprint density at radius 1 is 1.00 bits per heavy atom. The number of carbonyl (C=O) groups excluding carboxylic acids is 1. The van der Waals surface area contributed by atoms with Crippen molar-refractivity contribution >= 4 is 11.6 Å². The predicted molar refractivity (Wildman–Crippen MR) is 76.3 cm³/mol. The molecule has 1 N–H and O–H groups in total. The SMILES string of the molecule is O=C(CCc1ccc(OC(F)F)cc1)Nc1ccc(F)c(F)c1F. The van der Waals surface area contributed by atoms with Gasteiger partial charge in [0.15, 0.2) is 17.5 Å². The first kappa shape index (κ1) is 17.7. The van der Waals surface area contributed by atoms with Crippen LogP contribution in [-0.2, 0) is 11.2 Å². The van der Waals surface area contributed by atoms with Crippen LogP contribution in [0.2, 0.25) is 0 Å². The van der Waals surface area contributed by atoms with E-state index < -0.39 is 35.7 Å². The van der Waals surface area contributed by atoms with Crippen LogP contribution in [0.15, 0.2) is 36.4 Å². The fraction of sp³-hybridized carbons (Fsp3) is 0.188. The lowest BCUT2D eigenvalue weighted by Gasteiger charge is -2.08. The highest BCUT2D eigenvalue weighted by atomic mass is 19.3. The minimum atomic E-state index is -2.92. The van der Waals surface area contributed by atoms with Gasteiger partial charge in [0, 0.05) is 6.42 Å². The maximum Gasteiger partial charge on any atom is 0.387 e. The van der Waals surface area contributed by atoms with Crippen LogP contribution in [0.3, 0.4) is 0 Å². The molecular weight excluding hydrogens is 333 g/mol. The van der Waals surface area contributed by atoms with Crippen LogP contribution < -0.4 is 10.1 Å². The Hall–Kier alpha value is -2.64. The number of amides is 1. The first-order valence-electron chi connectivity index (χ1n) is 6.84. The molecule has 0 heterocycles. The Morgan fingerprint density at radius 3 is 2.29 bits per heavy atom. The number of rotatable bonds is 6. The molecule has 2 rings (SSSR count). The molecule has 0 aliphatic carbocycles. The van der Waals surface area contributed by atoms with E-state index in [2.05, 4.69) is 10.1 Å². The summed E-state index contributed by atoms with van der Waals surface area (Å²) in [5, 5.41) is 2.14. The van der Waals surface area contributed by atoms with Crippen LogP contribution in [-0.4, -0.2) is 12.5 Å². The van der Waals surface area contributed by atoms with Crippen LogP contribution in [0.25, 0.3) is 0 Å². The lowest BCUT2D eigenvalue weighted by molar-refractivity contribution is -0.116. The summed E-state index contributed by atoms with van der Waals surface area (Å²) >= 11 is 0. The smallest absolute Gasteiger partial charge is 0.387 e. The van der Waals surface area contributed by atoms with E-state index in [0.29, 0.717) is 11.6 Å². The largest absolute Gasteiger partial charge is 0.435 e. The van der Waals surface area contributed by atoms with Crippen molar-refractivity contribution in [1.82, 2.24) is 0 Å². The van der Waals surface area contributed by atoms with Crippen molar-refractivity contribution in [3.63, 3.8) is 0 Å². The summed E-state index contributed by atoms with van der Waals surface area (Å²) in [5.74, 6) is -5.11. The van der Waals surface area contributed by atoms with Gasteiger partial charge in [0.05, 0.1) is 5.69 Å². The van der Waals surface area contributed by atoms with Gasteiger partial charge in [-0.15, -0.1) is 0 Å². The number of carbonyl (C=O) groups is 1. The maximum atomic E-state index is 13.4. The molecule has 3 nitrogen and oxygen atoms in total. The fourth-order valence-electron chi connectivity index (χ4n) is 1.93. The molecule has 0 radical (unpaired) electrons. The topological polar surface area (TPSA) is 38.3 Å². The zero-order valence-corrected chi connectivity index (χ0v) is 12.2. The second kappa shape index (κ2) is 7.76. The summed E-state index contributed by atoms with van der Waals surface area (Å²) in [6.07, 6.45) is 0.180. The zero-order valence-electron chi connectivity index (χ0n) is 12.2. The highest BCUT2D eigenvalue weighted by molar-refractivity contribution is 5.90. The van der Waals surface area contributed by atoms with Gasteiger partial charge in [-0.2, -0.15) is 8.78 Å². The molecule has 1 amide bonds. The quantitative estimate of drug-likeness (QED) is 0.627. The number of nitrogens with one attached hydrogen (secondary N) is 1. The van der Waals surface area contributed by atoms with E-state index in [1.165, 1.54) is 24.3 Å². The van der Waals surface area contributed by atoms with E-state index >= 15 is 0 Å². The van der Waals surface area contributed by atoms with Gasteiger partial charge < -0.3 is 10.1 Å². The first-order chi connectivity index (χ1) is 11.4. The van der Waals surface area contributed by atoms with E-state index in [0.717, 1.165) is 6.07 Å². The minimum absolute atomic E-state index is 0.0120. The Bertz CT molecular complexity index is 719. The molecule has 24 heavy (non-hydrogen) atoms. The third-order valence-electron chi connectivity index (χ3n) is 3.10. The van der Waals surface area contributed by atoms with Gasteiger partial charge in [0.25, 0.3) is 0 Å². The molecule has 0 unspecified atom stereocenters. The molecule has 0 fully saturated rings. The molecule has 128 valence electrons. The number of hydrogen-bond acceptors (Lipinski definition) is 2. The van der Waals surface area contributed by atoms with E-state index in [4.69, 9.17) is 0 Å². The average Bonchev–Trinajstić information content (AvgIpc) is 2.54. The summed E-state index contributed by atoms with van der Waals surface area (Å²) in [7, 11) is 0. The van der Waals surface area contributed by atoms with Crippen molar-refractivity contribution in [1.29, 1.82) is 0 Å². The number of hydrogen-bond donors (Lipinski definition) is 1. The lowest BCUT2D eigenvalue weighted by atomic mass is 10.1. The Kier molecular flexibility index (Phi) is 5.73. The van der Waals surface area contributed by atoms with Crippen molar-refractivity contribution in [2.45, 2.75) is 19.5 Å². The van der Waals surface area contributed by atoms with Gasteiger partial charge in [-0.25, -0.2) is 13.2 Å². The molecule has 0 saturated carbocycles. The summed E-state index contributed by atoms with van der Waals surface area (Å²) in [6, 6.07) is 7.28. The third kappa shape index (κ3) is 4.68. The van der Waals surface area contributed by atoms with Crippen LogP contribution in [0.1, 0.15) is 12.0 Å². The van der Waals surface area contributed by atoms with Crippen molar-refractivity contribution < 1.29 is 31.5 Å². The molecule has 0 spiro atoms. The summed E-state index contributed by atoms with van der Waals surface area (Å²) in [5.41, 5.74) is 0.206. The second-order valence-electron chi connectivity index (χ2n) is 4.79. The predicted octanol–water partition coefficient (Wildman–Crippen LogP) is 4.28. The molecule has 2 aromatic carbocycles. The van der Waals surface area contributed by atoms with Crippen LogP contribution >= 0.6 is 0 Å². The molecule has 8 heteroatoms. The number of halogens is 5. The lowest BCUT2D eigenvalue weighted by Crippen LogP contribution is -2.14. The summed E-state index contributed by atoms with van der Waals surface area (Å²) in [4.78, 5) is 11.7. The highest BCUT2D eigenvalue weighted by Crippen LogP contribution is 2.20. The van der Waals surface area contributed by atoms with Gasteiger partial charge in [0.1, 0.15) is 5.75 Å². The van der Waals surface area contributed by atoms with E-state index in [9.17, 15) is 26.7 Å². The molecule has 0 aliphatic heterocycles. The second-order valence-corrected chi connectivity index (χ2v) is 4.79. The van der Waals surface area contributed by atoms with E-state index in [1.54, 1.807) is 0 Å². The van der Waals surface area contributed by atoms with Gasteiger partial charge in [0.2, 0.25) is 5.91 Å². The van der Waals surface area contributed by atoms with Crippen molar-refractivity contribution in [2.24, 2.45) is 0 Å². The Labute approximate surface area is 134 Å². The third-order valence-corrected chi connectivity index (χ3v) is 3.10. The Balaban J connectivity index is 1.90. The zero-order chi connectivity index (χ0) is 17.7. The molecule has 0 saturated heterocycles. The van der Waals surface area contributed by atoms with Crippen molar-refractivity contribution in [2.75, 3.05) is 5.32 Å². The summed E-state index contributed by atoms with van der Waals surface area (Å²) < 4.78 is 67.5. The maximum absolute atomic E-state index is 13.4. The van der Waals surface area contributed by atoms with Crippen molar-refractivity contribution in [3.8, 4) is 5.75 Å². The first-order valence-corrected chi connectivity index (χ1v) is 6.84. The molecule has 0 bridgehead atoms. The molecule has 2 aromatic rings. The fourth-order valence-corrected chi connectivity index (χ4v) is 1.93. The van der Waals surface area contributed by atoms with Gasteiger partial charge >= 0.3 is 6.61 Å². The van der Waals surface area contributed by atoms with Crippen LogP contribution in [0.5, 0.6) is 5.75 Å². The normalized spacial score (nSPS) is 10.8. The van der Waals surface area contributed by atoms with Crippen LogP contribution in [0.4, 0.5) is 27.6 Å². The molecule has 0 aliphatic rings. The molecule has 0 aromatic heterocycles. The molecule has 0 atom stereocenters. The number of benzene rings is 2. The van der Waals surface area contributed by atoms with Crippen LogP contribution in [0, 0.1) is 17.5 Å². The van der Waals surface area contributed by atoms with E-state index in [1.807, 2.05) is 0 Å². The van der Waals surface area contributed by atoms with Gasteiger partial charge in [-0.05, 0) is 36.2 Å². The standard InChI is InChI=1S/C16H12F5NO2/c17-11-6-7-12(15(19)14(11)18)22-13(23)8-3-9-1-4-10(5-2-9)24-16(20)21/h1-2,4-7,16H,3,8H2,(H,22,23). The monoisotopic (exact) mass is 345 g/mol. The molecular formula is C16H12F5NO2.